The number of unbranched alkanes of at least 4 members (excludes halogenated alkanes) is 2. The molecule has 2 heteroatoms. The molecule has 0 heterocycles. The van der Waals surface area contributed by atoms with E-state index >= 15 is 0 Å². The predicted molar refractivity (Wildman–Crippen MR) is 78.2 cm³/mol. The molecular weight excluding hydrogens is 236 g/mol. The Kier molecular flexibility index (Phi) is 6.80. The highest BCUT2D eigenvalue weighted by molar-refractivity contribution is 5.98. The van der Waals surface area contributed by atoms with Crippen LogP contribution in [0.2, 0.25) is 0 Å². The molecule has 1 rings (SSSR count). The molecule has 102 valence electrons. The Bertz CT molecular complexity index is 432. The normalized spacial score (nSPS) is 12.5. The van der Waals surface area contributed by atoms with E-state index in [0.717, 1.165) is 24.8 Å². The zero-order chi connectivity index (χ0) is 14.1. The van der Waals surface area contributed by atoms with Crippen molar-refractivity contribution in [1.82, 2.24) is 0 Å². The summed E-state index contributed by atoms with van der Waals surface area (Å²) in [5.74, 6) is -0.266. The number of benzene rings is 1. The fourth-order valence-corrected chi connectivity index (χ4v) is 1.99. The highest BCUT2D eigenvalue weighted by atomic mass is 16.1. The van der Waals surface area contributed by atoms with Gasteiger partial charge in [-0.1, -0.05) is 56.2 Å². The molecule has 0 aliphatic heterocycles. The maximum absolute atomic E-state index is 12.2. The van der Waals surface area contributed by atoms with Gasteiger partial charge in [0.1, 0.15) is 5.78 Å². The molecule has 1 atom stereocenters. The lowest BCUT2D eigenvalue weighted by Gasteiger charge is -2.12. The summed E-state index contributed by atoms with van der Waals surface area (Å²) in [5, 5.41) is 0. The minimum atomic E-state index is -0.337. The number of allylic oxidation sites excluding steroid dienone is 2. The fourth-order valence-electron chi connectivity index (χ4n) is 1.99. The third kappa shape index (κ3) is 5.64. The number of hydrogen-bond donors (Lipinski definition) is 0. The molecule has 0 N–H and O–H groups in total. The first-order chi connectivity index (χ1) is 9.15. The van der Waals surface area contributed by atoms with Gasteiger partial charge in [0, 0.05) is 6.42 Å². The van der Waals surface area contributed by atoms with Crippen LogP contribution in [0.4, 0.5) is 0 Å². The summed E-state index contributed by atoms with van der Waals surface area (Å²) in [7, 11) is 0. The molecule has 0 fully saturated rings. The maximum atomic E-state index is 12.2. The third-order valence-corrected chi connectivity index (χ3v) is 3.04. The Morgan fingerprint density at radius 2 is 1.89 bits per heavy atom. The van der Waals surface area contributed by atoms with E-state index in [1.807, 2.05) is 36.4 Å². The lowest BCUT2D eigenvalue weighted by molar-refractivity contribution is -0.122. The first-order valence-electron chi connectivity index (χ1n) is 6.90. The van der Waals surface area contributed by atoms with Gasteiger partial charge in [0.25, 0.3) is 0 Å². The quantitative estimate of drug-likeness (QED) is 0.520. The molecule has 0 aliphatic carbocycles. The van der Waals surface area contributed by atoms with Crippen LogP contribution in [0.1, 0.15) is 51.0 Å². The summed E-state index contributed by atoms with van der Waals surface area (Å²) in [4.78, 5) is 23.5. The van der Waals surface area contributed by atoms with Crippen molar-refractivity contribution < 1.29 is 9.59 Å². The summed E-state index contributed by atoms with van der Waals surface area (Å²) in [6.45, 7) is 3.65. The average Bonchev–Trinajstić information content (AvgIpc) is 2.41. The Balaban J connectivity index is 2.77. The van der Waals surface area contributed by atoms with Crippen molar-refractivity contribution in [2.45, 2.75) is 45.4 Å². The van der Waals surface area contributed by atoms with Crippen LogP contribution < -0.4 is 0 Å². The van der Waals surface area contributed by atoms with E-state index < -0.39 is 0 Å². The predicted octanol–water partition coefficient (Wildman–Crippen LogP) is 4.06. The second-order valence-electron chi connectivity index (χ2n) is 4.82. The number of Topliss-reactive ketones (excluding diaryl/α,β-unsaturated/α-hetero) is 1. The second kappa shape index (κ2) is 8.41. The van der Waals surface area contributed by atoms with Gasteiger partial charge < -0.3 is 0 Å². The van der Waals surface area contributed by atoms with Crippen LogP contribution in [0.5, 0.6) is 0 Å². The molecule has 0 amide bonds. The van der Waals surface area contributed by atoms with E-state index in [2.05, 4.69) is 6.92 Å². The molecule has 1 aromatic rings. The highest BCUT2D eigenvalue weighted by Gasteiger charge is 2.19. The lowest BCUT2D eigenvalue weighted by Crippen LogP contribution is -2.13. The summed E-state index contributed by atoms with van der Waals surface area (Å²) in [5.41, 5.74) is 0.919. The van der Waals surface area contributed by atoms with Gasteiger partial charge in [0.2, 0.25) is 0 Å². The van der Waals surface area contributed by atoms with Gasteiger partial charge in [-0.05, 0) is 25.0 Å². The molecule has 0 aliphatic rings. The monoisotopic (exact) mass is 258 g/mol. The molecule has 0 radical (unpaired) electrons. The van der Waals surface area contributed by atoms with Crippen LogP contribution in [0, 0.1) is 0 Å². The SMILES string of the molecule is CCCC/C=C/C(=O)C(CC(C)=O)c1ccccc1. The average molecular weight is 258 g/mol. The summed E-state index contributed by atoms with van der Waals surface area (Å²) < 4.78 is 0. The fraction of sp³-hybridized carbons (Fsp3) is 0.412. The summed E-state index contributed by atoms with van der Waals surface area (Å²) >= 11 is 0. The van der Waals surface area contributed by atoms with Gasteiger partial charge in [0.05, 0.1) is 5.92 Å². The van der Waals surface area contributed by atoms with Gasteiger partial charge >= 0.3 is 0 Å². The molecule has 0 saturated carbocycles. The van der Waals surface area contributed by atoms with Crippen molar-refractivity contribution in [3.05, 3.63) is 48.0 Å². The van der Waals surface area contributed by atoms with Crippen LogP contribution in [0.15, 0.2) is 42.5 Å². The number of ketones is 2. The Morgan fingerprint density at radius 3 is 2.47 bits per heavy atom. The van der Waals surface area contributed by atoms with Gasteiger partial charge in [-0.3, -0.25) is 9.59 Å². The maximum Gasteiger partial charge on any atom is 0.163 e. The first-order valence-corrected chi connectivity index (χ1v) is 6.90. The van der Waals surface area contributed by atoms with Gasteiger partial charge in [-0.2, -0.15) is 0 Å². The van der Waals surface area contributed by atoms with E-state index in [4.69, 9.17) is 0 Å². The summed E-state index contributed by atoms with van der Waals surface area (Å²) in [6, 6.07) is 9.53. The smallest absolute Gasteiger partial charge is 0.163 e. The summed E-state index contributed by atoms with van der Waals surface area (Å²) in [6.07, 6.45) is 6.96. The molecule has 0 aromatic heterocycles. The highest BCUT2D eigenvalue weighted by Crippen LogP contribution is 2.21. The van der Waals surface area contributed by atoms with E-state index in [0.29, 0.717) is 0 Å². The number of carbonyl (C=O) groups is 2. The number of hydrogen-bond acceptors (Lipinski definition) is 2. The van der Waals surface area contributed by atoms with Gasteiger partial charge in [0.15, 0.2) is 5.78 Å². The zero-order valence-corrected chi connectivity index (χ0v) is 11.8. The molecule has 1 unspecified atom stereocenters. The van der Waals surface area contributed by atoms with E-state index in [-0.39, 0.29) is 23.9 Å². The van der Waals surface area contributed by atoms with Gasteiger partial charge in [-0.15, -0.1) is 0 Å². The molecule has 1 aromatic carbocycles. The number of carbonyl (C=O) groups excluding carboxylic acids is 2. The molecule has 19 heavy (non-hydrogen) atoms. The van der Waals surface area contributed by atoms with Crippen LogP contribution in [0.3, 0.4) is 0 Å². The second-order valence-corrected chi connectivity index (χ2v) is 4.82. The van der Waals surface area contributed by atoms with Crippen molar-refractivity contribution in [2.75, 3.05) is 0 Å². The Morgan fingerprint density at radius 1 is 1.21 bits per heavy atom. The largest absolute Gasteiger partial charge is 0.300 e. The standard InChI is InChI=1S/C17H22O2/c1-3-4-5-9-12-17(19)16(13-14(2)18)15-10-7-6-8-11-15/h6-12,16H,3-5,13H2,1-2H3/b12-9+. The lowest BCUT2D eigenvalue weighted by atomic mass is 9.90. The van der Waals surface area contributed by atoms with Crippen molar-refractivity contribution in [3.63, 3.8) is 0 Å². The molecule has 2 nitrogen and oxygen atoms in total. The minimum Gasteiger partial charge on any atom is -0.300 e. The number of rotatable bonds is 8. The Hall–Kier alpha value is -1.70. The van der Waals surface area contributed by atoms with Crippen LogP contribution in [-0.4, -0.2) is 11.6 Å². The van der Waals surface area contributed by atoms with Gasteiger partial charge in [-0.25, -0.2) is 0 Å². The van der Waals surface area contributed by atoms with Crippen molar-refractivity contribution in [2.24, 2.45) is 0 Å². The molecule has 0 bridgehead atoms. The van der Waals surface area contributed by atoms with Crippen molar-refractivity contribution in [1.29, 1.82) is 0 Å². The minimum absolute atomic E-state index is 0.0255. The van der Waals surface area contributed by atoms with Crippen LogP contribution >= 0.6 is 0 Å². The molecule has 0 spiro atoms. The topological polar surface area (TPSA) is 34.1 Å². The van der Waals surface area contributed by atoms with Crippen molar-refractivity contribution >= 4 is 11.6 Å². The van der Waals surface area contributed by atoms with E-state index in [1.165, 1.54) is 6.92 Å². The molecule has 0 saturated heterocycles. The molecular formula is C17H22O2. The van der Waals surface area contributed by atoms with E-state index in [9.17, 15) is 9.59 Å². The Labute approximate surface area is 115 Å². The zero-order valence-electron chi connectivity index (χ0n) is 11.8. The van der Waals surface area contributed by atoms with E-state index in [1.54, 1.807) is 6.08 Å². The van der Waals surface area contributed by atoms with Crippen LogP contribution in [-0.2, 0) is 9.59 Å². The van der Waals surface area contributed by atoms with Crippen molar-refractivity contribution in [3.8, 4) is 0 Å². The third-order valence-electron chi connectivity index (χ3n) is 3.04. The van der Waals surface area contributed by atoms with Crippen LogP contribution in [0.25, 0.3) is 0 Å². The first kappa shape index (κ1) is 15.4.